The lowest BCUT2D eigenvalue weighted by Crippen LogP contribution is -2.39. The third kappa shape index (κ3) is 3.10. The van der Waals surface area contributed by atoms with E-state index in [1.807, 2.05) is 39.0 Å². The summed E-state index contributed by atoms with van der Waals surface area (Å²) >= 11 is 0. The number of nitrogens with one attached hydrogen (secondary N) is 1. The highest BCUT2D eigenvalue weighted by Crippen LogP contribution is 2.23. The minimum Gasteiger partial charge on any atom is -0.201 e. The van der Waals surface area contributed by atoms with Gasteiger partial charge in [0.1, 0.15) is 0 Å². The number of hydrogen-bond donors (Lipinski definition) is 1. The summed E-state index contributed by atoms with van der Waals surface area (Å²) in [6.45, 7) is 7.83. The summed E-state index contributed by atoms with van der Waals surface area (Å²) in [5.74, 6) is 0. The third-order valence-corrected chi connectivity index (χ3v) is 4.80. The SMILES string of the molecule is Cc1cccc(C(C)(C)CNS(=O)(=O)N2CC2)c1. The van der Waals surface area contributed by atoms with E-state index in [0.717, 1.165) is 5.56 Å². The molecule has 0 saturated carbocycles. The molecule has 2 rings (SSSR count). The van der Waals surface area contributed by atoms with Gasteiger partial charge in [-0.3, -0.25) is 0 Å². The van der Waals surface area contributed by atoms with E-state index in [1.54, 1.807) is 0 Å². The van der Waals surface area contributed by atoms with Crippen LogP contribution in [0.1, 0.15) is 25.0 Å². The fourth-order valence-corrected chi connectivity index (χ4v) is 3.10. The first-order valence-corrected chi connectivity index (χ1v) is 7.57. The average Bonchev–Trinajstić information content (AvgIpc) is 3.11. The van der Waals surface area contributed by atoms with Crippen molar-refractivity contribution in [2.75, 3.05) is 19.6 Å². The second-order valence-electron chi connectivity index (χ2n) is 5.48. The molecular weight excluding hydrogens is 248 g/mol. The molecule has 0 amide bonds. The molecule has 0 aliphatic carbocycles. The number of hydrogen-bond acceptors (Lipinski definition) is 2. The van der Waals surface area contributed by atoms with E-state index in [9.17, 15) is 8.42 Å². The van der Waals surface area contributed by atoms with E-state index in [2.05, 4.69) is 10.8 Å². The van der Waals surface area contributed by atoms with Crippen molar-refractivity contribution in [2.45, 2.75) is 26.2 Å². The molecule has 0 bridgehead atoms. The fourth-order valence-electron chi connectivity index (χ4n) is 1.81. The van der Waals surface area contributed by atoms with Crippen LogP contribution in [0.25, 0.3) is 0 Å². The smallest absolute Gasteiger partial charge is 0.201 e. The van der Waals surface area contributed by atoms with Gasteiger partial charge in [-0.1, -0.05) is 43.7 Å². The summed E-state index contributed by atoms with van der Waals surface area (Å²) in [7, 11) is -3.26. The van der Waals surface area contributed by atoms with Gasteiger partial charge in [-0.2, -0.15) is 12.7 Å². The molecule has 5 heteroatoms. The maximum absolute atomic E-state index is 11.8. The van der Waals surface area contributed by atoms with Crippen LogP contribution in [0.15, 0.2) is 24.3 Å². The van der Waals surface area contributed by atoms with Crippen molar-refractivity contribution in [2.24, 2.45) is 0 Å². The van der Waals surface area contributed by atoms with Gasteiger partial charge in [0.15, 0.2) is 0 Å². The minimum absolute atomic E-state index is 0.213. The van der Waals surface area contributed by atoms with Crippen LogP contribution >= 0.6 is 0 Å². The van der Waals surface area contributed by atoms with E-state index in [0.29, 0.717) is 19.6 Å². The van der Waals surface area contributed by atoms with Crippen molar-refractivity contribution in [1.82, 2.24) is 9.03 Å². The Morgan fingerprint density at radius 3 is 2.56 bits per heavy atom. The lowest BCUT2D eigenvalue weighted by molar-refractivity contribution is 0.488. The first-order chi connectivity index (χ1) is 8.31. The number of nitrogens with zero attached hydrogens (tertiary/aromatic N) is 1. The zero-order valence-electron chi connectivity index (χ0n) is 11.1. The molecule has 1 heterocycles. The molecule has 18 heavy (non-hydrogen) atoms. The summed E-state index contributed by atoms with van der Waals surface area (Å²) in [6, 6.07) is 8.19. The summed E-state index contributed by atoms with van der Waals surface area (Å²) in [6.07, 6.45) is 0. The van der Waals surface area contributed by atoms with Crippen LogP contribution in [0.2, 0.25) is 0 Å². The Kier molecular flexibility index (Phi) is 3.49. The molecule has 0 aromatic heterocycles. The van der Waals surface area contributed by atoms with Gasteiger partial charge in [-0.25, -0.2) is 4.72 Å². The highest BCUT2D eigenvalue weighted by Gasteiger charge is 2.33. The number of rotatable bonds is 5. The standard InChI is InChI=1S/C13H20N2O2S/c1-11-5-4-6-12(9-11)13(2,3)10-14-18(16,17)15-7-8-15/h4-6,9,14H,7-8,10H2,1-3H3. The molecule has 0 spiro atoms. The van der Waals surface area contributed by atoms with Crippen LogP contribution in [-0.2, 0) is 15.6 Å². The molecule has 1 saturated heterocycles. The zero-order valence-corrected chi connectivity index (χ0v) is 11.9. The van der Waals surface area contributed by atoms with Gasteiger partial charge in [-0.05, 0) is 12.5 Å². The topological polar surface area (TPSA) is 49.2 Å². The Morgan fingerprint density at radius 1 is 1.33 bits per heavy atom. The van der Waals surface area contributed by atoms with Gasteiger partial charge in [0, 0.05) is 25.0 Å². The summed E-state index contributed by atoms with van der Waals surface area (Å²) in [5.41, 5.74) is 2.13. The number of benzene rings is 1. The van der Waals surface area contributed by atoms with Crippen molar-refractivity contribution in [3.63, 3.8) is 0 Å². The van der Waals surface area contributed by atoms with E-state index < -0.39 is 10.2 Å². The fraction of sp³-hybridized carbons (Fsp3) is 0.538. The zero-order chi connectivity index (χ0) is 13.4. The average molecular weight is 268 g/mol. The minimum atomic E-state index is -3.26. The van der Waals surface area contributed by atoms with E-state index in [1.165, 1.54) is 9.87 Å². The monoisotopic (exact) mass is 268 g/mol. The number of aryl methyl sites for hydroxylation is 1. The van der Waals surface area contributed by atoms with Crippen LogP contribution in [0.3, 0.4) is 0 Å². The molecule has 1 N–H and O–H groups in total. The molecule has 1 fully saturated rings. The normalized spacial score (nSPS) is 16.8. The van der Waals surface area contributed by atoms with Gasteiger partial charge in [0.05, 0.1) is 0 Å². The Morgan fingerprint density at radius 2 is 2.00 bits per heavy atom. The molecular formula is C13H20N2O2S. The molecule has 0 radical (unpaired) electrons. The van der Waals surface area contributed by atoms with Crippen LogP contribution in [-0.4, -0.2) is 32.4 Å². The van der Waals surface area contributed by atoms with Crippen molar-refractivity contribution in [1.29, 1.82) is 0 Å². The maximum Gasteiger partial charge on any atom is 0.279 e. The third-order valence-electron chi connectivity index (χ3n) is 3.24. The van der Waals surface area contributed by atoms with Gasteiger partial charge < -0.3 is 0 Å². The van der Waals surface area contributed by atoms with E-state index in [-0.39, 0.29) is 5.41 Å². The highest BCUT2D eigenvalue weighted by molar-refractivity contribution is 7.87. The van der Waals surface area contributed by atoms with E-state index in [4.69, 9.17) is 0 Å². The van der Waals surface area contributed by atoms with Gasteiger partial charge in [0.25, 0.3) is 10.2 Å². The summed E-state index contributed by atoms with van der Waals surface area (Å²) in [4.78, 5) is 0. The lowest BCUT2D eigenvalue weighted by atomic mass is 9.84. The molecule has 1 aromatic carbocycles. The van der Waals surface area contributed by atoms with E-state index >= 15 is 0 Å². The molecule has 1 aliphatic rings. The van der Waals surface area contributed by atoms with Crippen molar-refractivity contribution in [3.05, 3.63) is 35.4 Å². The Bertz CT molecular complexity index is 534. The lowest BCUT2D eigenvalue weighted by Gasteiger charge is -2.26. The molecule has 1 aliphatic heterocycles. The van der Waals surface area contributed by atoms with Gasteiger partial charge >= 0.3 is 0 Å². The molecule has 4 nitrogen and oxygen atoms in total. The second kappa shape index (κ2) is 4.64. The Balaban J connectivity index is 2.07. The van der Waals surface area contributed by atoms with Crippen molar-refractivity contribution in [3.8, 4) is 0 Å². The Labute approximate surface area is 109 Å². The summed E-state index contributed by atoms with van der Waals surface area (Å²) in [5, 5.41) is 0. The second-order valence-corrected chi connectivity index (χ2v) is 7.23. The van der Waals surface area contributed by atoms with Crippen LogP contribution in [0, 0.1) is 6.92 Å². The molecule has 100 valence electrons. The largest absolute Gasteiger partial charge is 0.279 e. The van der Waals surface area contributed by atoms with Crippen LogP contribution in [0.4, 0.5) is 0 Å². The highest BCUT2D eigenvalue weighted by atomic mass is 32.2. The molecule has 0 unspecified atom stereocenters. The van der Waals surface area contributed by atoms with Crippen LogP contribution < -0.4 is 4.72 Å². The maximum atomic E-state index is 11.8. The van der Waals surface area contributed by atoms with Gasteiger partial charge in [0.2, 0.25) is 0 Å². The van der Waals surface area contributed by atoms with Crippen molar-refractivity contribution < 1.29 is 8.42 Å². The predicted octanol–water partition coefficient (Wildman–Crippen LogP) is 1.42. The van der Waals surface area contributed by atoms with Crippen molar-refractivity contribution >= 4 is 10.2 Å². The van der Waals surface area contributed by atoms with Gasteiger partial charge in [-0.15, -0.1) is 0 Å². The summed E-state index contributed by atoms with van der Waals surface area (Å²) < 4.78 is 27.6. The molecule has 0 atom stereocenters. The predicted molar refractivity (Wildman–Crippen MR) is 72.7 cm³/mol. The van der Waals surface area contributed by atoms with Crippen LogP contribution in [0.5, 0.6) is 0 Å². The Hall–Kier alpha value is -0.910. The quantitative estimate of drug-likeness (QED) is 0.821. The first-order valence-electron chi connectivity index (χ1n) is 6.13. The first kappa shape index (κ1) is 13.5. The molecule has 1 aromatic rings.